The van der Waals surface area contributed by atoms with Crippen molar-refractivity contribution in [2.45, 2.75) is 0 Å². The molecule has 0 spiro atoms. The third-order valence-corrected chi connectivity index (χ3v) is 24.2. The molecule has 0 aliphatic rings. The molecule has 0 unspecified atom stereocenters. The van der Waals surface area contributed by atoms with Crippen LogP contribution in [0.3, 0.4) is 0 Å². The molecule has 10 aromatic rings. The first-order chi connectivity index (χ1) is 32.5. The quantitative estimate of drug-likeness (QED) is 0.115. The summed E-state index contributed by atoms with van der Waals surface area (Å²) in [6, 6.07) is 92.2. The zero-order valence-corrected chi connectivity index (χ0v) is 37.9. The second-order valence-corrected chi connectivity index (χ2v) is 24.9. The summed E-state index contributed by atoms with van der Waals surface area (Å²) in [5.74, 6) is -0.931. The van der Waals surface area contributed by atoms with E-state index in [1.807, 2.05) is 170 Å². The van der Waals surface area contributed by atoms with E-state index in [1.54, 1.807) is 12.1 Å². The maximum absolute atomic E-state index is 15.2. The first-order valence-corrected chi connectivity index (χ1v) is 26.3. The topological polar surface area (TPSA) is 52.6 Å². The average molecular weight is 893 g/mol. The Morgan fingerprint density at radius 1 is 0.242 bits per heavy atom. The molecule has 0 heterocycles. The monoisotopic (exact) mass is 892 g/mol. The van der Waals surface area contributed by atoms with E-state index in [-0.39, 0.29) is 0 Å². The minimum atomic E-state index is -4.28. The van der Waals surface area contributed by atoms with Gasteiger partial charge in [0.1, 0.15) is 0 Å². The van der Waals surface area contributed by atoms with E-state index in [4.69, 9.17) is 9.05 Å². The van der Waals surface area contributed by atoms with Crippen LogP contribution < -0.4 is 42.4 Å². The molecule has 0 fully saturated rings. The SMILES string of the molecule is O=C(OP(c1ccccc1)(c1ccccc1)(c1ccccc1)c1ccccc1)c1ccc2cc(C(=O)OP(c3ccccc3)(c3ccccc3)(c3ccccc3)c3ccccc3)ccc2c1. The molecule has 0 radical (unpaired) electrons. The fourth-order valence-electron chi connectivity index (χ4n) is 9.85. The van der Waals surface area contributed by atoms with Gasteiger partial charge in [-0.05, 0) is 0 Å². The molecule has 0 aliphatic carbocycles. The molecular formula is C60H46O4P2. The van der Waals surface area contributed by atoms with Crippen molar-refractivity contribution in [1.29, 1.82) is 0 Å². The van der Waals surface area contributed by atoms with E-state index in [2.05, 4.69) is 97.1 Å². The molecule has 4 nitrogen and oxygen atoms in total. The van der Waals surface area contributed by atoms with Crippen LogP contribution in [0.4, 0.5) is 0 Å². The number of fused-ring (bicyclic) bond motifs is 1. The predicted molar refractivity (Wildman–Crippen MR) is 277 cm³/mol. The molecule has 0 amide bonds. The standard InChI is InChI=1S/C60H46O4P2/c61-59(63-65(51-25-9-1-10-26-51,52-27-11-2-12-28-52,53-29-13-3-14-30-53)54-31-15-4-16-32-54)49-43-41-48-46-50(44-42-47(48)45-49)60(62)64-66(55-33-17-5-18-34-55,56-35-19-6-20-36-56,57-37-21-7-22-38-57)58-39-23-8-24-40-58/h1-46H. The summed E-state index contributed by atoms with van der Waals surface area (Å²) < 4.78 is 14.8. The van der Waals surface area contributed by atoms with E-state index in [0.717, 1.165) is 53.2 Å². The van der Waals surface area contributed by atoms with Crippen LogP contribution in [0.2, 0.25) is 0 Å². The first kappa shape index (κ1) is 42.2. The second kappa shape index (κ2) is 17.3. The molecular weight excluding hydrogens is 847 g/mol. The molecule has 0 aliphatic heterocycles. The van der Waals surface area contributed by atoms with E-state index in [0.29, 0.717) is 11.1 Å². The fraction of sp³-hybridized carbons (Fsp3) is 0. The van der Waals surface area contributed by atoms with Gasteiger partial charge in [0, 0.05) is 0 Å². The third-order valence-electron chi connectivity index (χ3n) is 12.8. The summed E-state index contributed by atoms with van der Waals surface area (Å²) in [7, 11) is 0. The van der Waals surface area contributed by atoms with E-state index < -0.39 is 25.6 Å². The van der Waals surface area contributed by atoms with Crippen molar-refractivity contribution < 1.29 is 18.6 Å². The molecule has 0 saturated carbocycles. The Hall–Kier alpha value is -7.74. The molecule has 0 bridgehead atoms. The Morgan fingerprint density at radius 3 is 0.606 bits per heavy atom. The molecule has 0 atom stereocenters. The van der Waals surface area contributed by atoms with Gasteiger partial charge in [0.15, 0.2) is 0 Å². The number of rotatable bonds is 12. The number of hydrogen-bond acceptors (Lipinski definition) is 4. The average Bonchev–Trinajstić information content (AvgIpc) is 3.41. The van der Waals surface area contributed by atoms with Crippen molar-refractivity contribution in [1.82, 2.24) is 0 Å². The van der Waals surface area contributed by atoms with E-state index >= 15 is 9.59 Å². The Labute approximate surface area is 385 Å². The molecule has 10 aromatic carbocycles. The van der Waals surface area contributed by atoms with E-state index in [9.17, 15) is 0 Å². The van der Waals surface area contributed by atoms with Crippen molar-refractivity contribution in [3.05, 3.63) is 290 Å². The van der Waals surface area contributed by atoms with Gasteiger partial charge in [0.2, 0.25) is 0 Å². The van der Waals surface area contributed by atoms with Gasteiger partial charge >= 0.3 is 388 Å². The van der Waals surface area contributed by atoms with Crippen molar-refractivity contribution >= 4 is 78.8 Å². The first-order valence-electron chi connectivity index (χ1n) is 22.0. The maximum atomic E-state index is 15.2. The van der Waals surface area contributed by atoms with Crippen LogP contribution in [0, 0.1) is 0 Å². The predicted octanol–water partition coefficient (Wildman–Crippen LogP) is 10.7. The van der Waals surface area contributed by atoms with Gasteiger partial charge in [-0.2, -0.15) is 0 Å². The summed E-state index contributed by atoms with van der Waals surface area (Å²) in [4.78, 5) is 30.5. The third kappa shape index (κ3) is 6.53. The van der Waals surface area contributed by atoms with Crippen LogP contribution in [0.15, 0.2) is 279 Å². The molecule has 66 heavy (non-hydrogen) atoms. The summed E-state index contributed by atoms with van der Waals surface area (Å²) in [6.07, 6.45) is 0. The summed E-state index contributed by atoms with van der Waals surface area (Å²) in [6.45, 7) is -8.56. The number of carbonyl (C=O) groups is 2. The van der Waals surface area contributed by atoms with Crippen molar-refractivity contribution in [2.75, 3.05) is 0 Å². The Morgan fingerprint density at radius 2 is 0.424 bits per heavy atom. The van der Waals surface area contributed by atoms with Crippen LogP contribution in [0.1, 0.15) is 20.7 Å². The zero-order chi connectivity index (χ0) is 44.9. The van der Waals surface area contributed by atoms with Gasteiger partial charge in [0.05, 0.1) is 0 Å². The van der Waals surface area contributed by atoms with Gasteiger partial charge in [-0.1, -0.05) is 0 Å². The number of benzene rings is 10. The summed E-state index contributed by atoms with van der Waals surface area (Å²) >= 11 is 0. The molecule has 6 heteroatoms. The van der Waals surface area contributed by atoms with Gasteiger partial charge in [0.25, 0.3) is 0 Å². The van der Waals surface area contributed by atoms with Crippen molar-refractivity contribution in [2.24, 2.45) is 0 Å². The minimum absolute atomic E-state index is 0.386. The van der Waals surface area contributed by atoms with Crippen LogP contribution in [-0.4, -0.2) is 11.9 Å². The molecule has 320 valence electrons. The van der Waals surface area contributed by atoms with Crippen molar-refractivity contribution in [3.63, 3.8) is 0 Å². The van der Waals surface area contributed by atoms with Gasteiger partial charge in [-0.3, -0.25) is 0 Å². The number of carbonyl (C=O) groups excluding carboxylic acids is 2. The van der Waals surface area contributed by atoms with Crippen molar-refractivity contribution in [3.8, 4) is 0 Å². The van der Waals surface area contributed by atoms with Crippen LogP contribution in [0.5, 0.6) is 0 Å². The molecule has 0 saturated heterocycles. The van der Waals surface area contributed by atoms with Gasteiger partial charge in [-0.15, -0.1) is 0 Å². The van der Waals surface area contributed by atoms with Crippen LogP contribution in [-0.2, 0) is 9.05 Å². The van der Waals surface area contributed by atoms with Crippen LogP contribution in [0.25, 0.3) is 10.8 Å². The number of hydrogen-bond donors (Lipinski definition) is 0. The van der Waals surface area contributed by atoms with Crippen LogP contribution >= 0.6 is 13.7 Å². The molecule has 0 N–H and O–H groups in total. The summed E-state index contributed by atoms with van der Waals surface area (Å²) in [5, 5.41) is 8.76. The molecule has 0 aromatic heterocycles. The molecule has 10 rings (SSSR count). The Bertz CT molecular complexity index is 2720. The van der Waals surface area contributed by atoms with E-state index in [1.165, 1.54) is 0 Å². The van der Waals surface area contributed by atoms with Gasteiger partial charge in [-0.25, -0.2) is 0 Å². The fourth-order valence-corrected chi connectivity index (χ4v) is 21.1. The summed E-state index contributed by atoms with van der Waals surface area (Å²) in [5.41, 5.74) is 0.772. The normalized spacial score (nSPS) is 12.7. The zero-order valence-electron chi connectivity index (χ0n) is 36.1. The second-order valence-electron chi connectivity index (χ2n) is 16.3. The Kier molecular flexibility index (Phi) is 11.1. The van der Waals surface area contributed by atoms with Gasteiger partial charge < -0.3 is 0 Å². The Balaban J connectivity index is 1.11.